The average Bonchev–Trinajstić information content (AvgIpc) is 2.37. The lowest BCUT2D eigenvalue weighted by molar-refractivity contribution is 0.602. The van der Waals surface area contributed by atoms with Crippen LogP contribution in [0.1, 0.15) is 5.56 Å². The van der Waals surface area contributed by atoms with Gasteiger partial charge in [0.2, 0.25) is 0 Å². The van der Waals surface area contributed by atoms with E-state index in [2.05, 4.69) is 9.12 Å². The number of amidine groups is 1. The predicted octanol–water partition coefficient (Wildman–Crippen LogP) is 1.73. The number of fused-ring (bicyclic) bond motifs is 1. The number of anilines is 1. The molecule has 0 spiro atoms. The van der Waals surface area contributed by atoms with Gasteiger partial charge in [0.1, 0.15) is 5.84 Å². The molecule has 0 aliphatic carbocycles. The highest BCUT2D eigenvalue weighted by molar-refractivity contribution is 7.91. The van der Waals surface area contributed by atoms with Crippen LogP contribution in [0.15, 0.2) is 52.9 Å². The Bertz CT molecular complexity index is 768. The first-order chi connectivity index (χ1) is 9.07. The highest BCUT2D eigenvalue weighted by Crippen LogP contribution is 2.31. The lowest BCUT2D eigenvalue weighted by Crippen LogP contribution is -2.26. The molecule has 0 amide bonds. The highest BCUT2D eigenvalue weighted by Gasteiger charge is 2.23. The van der Waals surface area contributed by atoms with Gasteiger partial charge in [-0.15, -0.1) is 4.40 Å². The fourth-order valence-corrected chi connectivity index (χ4v) is 2.95. The maximum atomic E-state index is 11.5. The third kappa shape index (κ3) is 2.06. The zero-order valence-corrected chi connectivity index (χ0v) is 10.7. The van der Waals surface area contributed by atoms with Gasteiger partial charge < -0.3 is 5.73 Å². The second-order valence-electron chi connectivity index (χ2n) is 4.15. The summed E-state index contributed by atoms with van der Waals surface area (Å²) in [4.78, 5) is 0. The van der Waals surface area contributed by atoms with Crippen LogP contribution < -0.4 is 10.5 Å². The van der Waals surface area contributed by atoms with E-state index in [4.69, 9.17) is 5.73 Å². The third-order valence-corrected chi connectivity index (χ3v) is 3.78. The lowest BCUT2D eigenvalue weighted by Gasteiger charge is -2.19. The van der Waals surface area contributed by atoms with Crippen LogP contribution in [-0.4, -0.2) is 14.3 Å². The molecule has 5 nitrogen and oxygen atoms in total. The topological polar surface area (TPSA) is 84.5 Å². The zero-order valence-electron chi connectivity index (χ0n) is 9.87. The van der Waals surface area contributed by atoms with Crippen LogP contribution in [0.5, 0.6) is 0 Å². The van der Waals surface area contributed by atoms with E-state index in [1.54, 1.807) is 12.1 Å². The number of benzene rings is 2. The quantitative estimate of drug-likeness (QED) is 0.829. The summed E-state index contributed by atoms with van der Waals surface area (Å²) in [6.45, 7) is 0. The second-order valence-corrected chi connectivity index (χ2v) is 5.48. The fourth-order valence-electron chi connectivity index (χ4n) is 2.11. The van der Waals surface area contributed by atoms with Crippen LogP contribution in [0, 0.1) is 0 Å². The van der Waals surface area contributed by atoms with Crippen LogP contribution in [0.25, 0.3) is 11.1 Å². The molecule has 1 heterocycles. The van der Waals surface area contributed by atoms with Gasteiger partial charge >= 0.3 is 10.2 Å². The lowest BCUT2D eigenvalue weighted by atomic mass is 9.98. The van der Waals surface area contributed by atoms with Crippen LogP contribution in [0.3, 0.4) is 0 Å². The molecule has 0 bridgehead atoms. The smallest absolute Gasteiger partial charge is 0.344 e. The van der Waals surface area contributed by atoms with E-state index >= 15 is 0 Å². The number of nitrogens with one attached hydrogen (secondary N) is 1. The molecule has 0 radical (unpaired) electrons. The molecule has 3 N–H and O–H groups in total. The number of hydrogen-bond acceptors (Lipinski definition) is 3. The zero-order chi connectivity index (χ0) is 13.5. The van der Waals surface area contributed by atoms with Crippen molar-refractivity contribution < 1.29 is 8.42 Å². The number of hydrogen-bond donors (Lipinski definition) is 2. The van der Waals surface area contributed by atoms with Crippen molar-refractivity contribution in [2.75, 3.05) is 4.72 Å². The molecular weight excluding hydrogens is 262 g/mol. The van der Waals surface area contributed by atoms with Crippen LogP contribution in [-0.2, 0) is 10.2 Å². The molecule has 0 saturated carbocycles. The van der Waals surface area contributed by atoms with E-state index < -0.39 is 10.2 Å². The van der Waals surface area contributed by atoms with Crippen molar-refractivity contribution in [3.8, 4) is 11.1 Å². The second kappa shape index (κ2) is 4.10. The van der Waals surface area contributed by atoms with E-state index in [1.165, 1.54) is 0 Å². The molecule has 0 fully saturated rings. The van der Waals surface area contributed by atoms with Gasteiger partial charge in [0, 0.05) is 5.56 Å². The van der Waals surface area contributed by atoms with Crippen molar-refractivity contribution in [2.45, 2.75) is 0 Å². The van der Waals surface area contributed by atoms with Gasteiger partial charge in [-0.25, -0.2) is 0 Å². The molecule has 0 aromatic heterocycles. The number of rotatable bonds is 1. The summed E-state index contributed by atoms with van der Waals surface area (Å²) >= 11 is 0. The molecule has 1 aliphatic rings. The van der Waals surface area contributed by atoms with Crippen LogP contribution in [0.4, 0.5) is 5.69 Å². The van der Waals surface area contributed by atoms with E-state index in [0.717, 1.165) is 11.1 Å². The summed E-state index contributed by atoms with van der Waals surface area (Å²) < 4.78 is 28.9. The van der Waals surface area contributed by atoms with E-state index in [0.29, 0.717) is 11.3 Å². The molecular formula is C13H11N3O2S. The largest absolute Gasteiger partial charge is 0.382 e. The summed E-state index contributed by atoms with van der Waals surface area (Å²) in [5.41, 5.74) is 8.66. The summed E-state index contributed by atoms with van der Waals surface area (Å²) in [7, 11) is -3.73. The molecule has 2 aromatic carbocycles. The van der Waals surface area contributed by atoms with Gasteiger partial charge in [-0.2, -0.15) is 8.42 Å². The molecule has 6 heteroatoms. The van der Waals surface area contributed by atoms with Crippen molar-refractivity contribution >= 4 is 21.7 Å². The maximum Gasteiger partial charge on any atom is 0.344 e. The van der Waals surface area contributed by atoms with Gasteiger partial charge in [-0.1, -0.05) is 42.5 Å². The van der Waals surface area contributed by atoms with Gasteiger partial charge in [0.25, 0.3) is 0 Å². The Kier molecular flexibility index (Phi) is 2.53. The minimum Gasteiger partial charge on any atom is -0.382 e. The molecule has 0 saturated heterocycles. The number of nitrogens with two attached hydrogens (primary N) is 1. The average molecular weight is 273 g/mol. The Balaban J connectivity index is 2.27. The monoisotopic (exact) mass is 273 g/mol. The van der Waals surface area contributed by atoms with Crippen LogP contribution in [0.2, 0.25) is 0 Å². The SMILES string of the molecule is NC1=NS(=O)(=O)Nc2cccc(-c3ccccc3)c21. The van der Waals surface area contributed by atoms with Crippen molar-refractivity contribution in [3.63, 3.8) is 0 Å². The van der Waals surface area contributed by atoms with Crippen molar-refractivity contribution in [1.82, 2.24) is 0 Å². The van der Waals surface area contributed by atoms with Gasteiger partial charge in [0.05, 0.1) is 5.69 Å². The Hall–Kier alpha value is -2.34. The van der Waals surface area contributed by atoms with Gasteiger partial charge in [-0.3, -0.25) is 4.72 Å². The highest BCUT2D eigenvalue weighted by atomic mass is 32.2. The summed E-state index contributed by atoms with van der Waals surface area (Å²) in [6.07, 6.45) is 0. The molecule has 96 valence electrons. The summed E-state index contributed by atoms with van der Waals surface area (Å²) in [5.74, 6) is 0.00760. The normalized spacial score (nSPS) is 16.1. The van der Waals surface area contributed by atoms with Crippen LogP contribution >= 0.6 is 0 Å². The first kappa shape index (κ1) is 11.7. The first-order valence-corrected chi connectivity index (χ1v) is 7.08. The standard InChI is InChI=1S/C13H11N3O2S/c14-13-12-10(9-5-2-1-3-6-9)7-4-8-11(12)15-19(17,18)16-13/h1-8,15H,(H2,14,16). The summed E-state index contributed by atoms with van der Waals surface area (Å²) in [6, 6.07) is 14.9. The minimum atomic E-state index is -3.73. The minimum absolute atomic E-state index is 0.00760. The Morgan fingerprint density at radius 1 is 1.00 bits per heavy atom. The van der Waals surface area contributed by atoms with Crippen molar-refractivity contribution in [3.05, 3.63) is 54.1 Å². The summed E-state index contributed by atoms with van der Waals surface area (Å²) in [5, 5.41) is 0. The maximum absolute atomic E-state index is 11.5. The van der Waals surface area contributed by atoms with E-state index in [1.807, 2.05) is 36.4 Å². The predicted molar refractivity (Wildman–Crippen MR) is 75.1 cm³/mol. The van der Waals surface area contributed by atoms with Gasteiger partial charge in [-0.05, 0) is 17.2 Å². The Morgan fingerprint density at radius 2 is 1.74 bits per heavy atom. The van der Waals surface area contributed by atoms with Gasteiger partial charge in [0.15, 0.2) is 0 Å². The fraction of sp³-hybridized carbons (Fsp3) is 0. The number of nitrogens with zero attached hydrogens (tertiary/aromatic N) is 1. The molecule has 2 aromatic rings. The molecule has 0 unspecified atom stereocenters. The molecule has 1 aliphatic heterocycles. The van der Waals surface area contributed by atoms with E-state index in [-0.39, 0.29) is 5.84 Å². The Labute approximate surface area is 111 Å². The Morgan fingerprint density at radius 3 is 2.47 bits per heavy atom. The van der Waals surface area contributed by atoms with Crippen molar-refractivity contribution in [1.29, 1.82) is 0 Å². The third-order valence-electron chi connectivity index (χ3n) is 2.86. The molecule has 19 heavy (non-hydrogen) atoms. The first-order valence-electron chi connectivity index (χ1n) is 5.64. The molecule has 0 atom stereocenters. The van der Waals surface area contributed by atoms with Crippen molar-refractivity contribution in [2.24, 2.45) is 10.1 Å². The van der Waals surface area contributed by atoms with E-state index in [9.17, 15) is 8.42 Å². The molecule has 3 rings (SSSR count).